The molecule has 1 saturated heterocycles. The molecule has 0 spiro atoms. The van der Waals surface area contributed by atoms with Crippen LogP contribution in [0.3, 0.4) is 0 Å². The minimum Gasteiger partial charge on any atom is -0.493 e. The topological polar surface area (TPSA) is 55.8 Å². The fourth-order valence-corrected chi connectivity index (χ4v) is 2.52. The molecule has 5 nitrogen and oxygen atoms in total. The van der Waals surface area contributed by atoms with Gasteiger partial charge in [-0.1, -0.05) is 0 Å². The smallest absolute Gasteiger partial charge is 0.258 e. The summed E-state index contributed by atoms with van der Waals surface area (Å²) in [5.41, 5.74) is 0.627. The van der Waals surface area contributed by atoms with Crippen LogP contribution in [0, 0.1) is 0 Å². The first-order valence-electron chi connectivity index (χ1n) is 6.72. The second-order valence-electron chi connectivity index (χ2n) is 4.74. The number of hydrogen-bond donors (Lipinski definition) is 0. The van der Waals surface area contributed by atoms with Gasteiger partial charge in [-0.05, 0) is 31.4 Å². The Morgan fingerprint density at radius 1 is 1.15 bits per heavy atom. The molecule has 1 aliphatic rings. The van der Waals surface area contributed by atoms with Crippen molar-refractivity contribution in [3.63, 3.8) is 0 Å². The van der Waals surface area contributed by atoms with Gasteiger partial charge in [0.05, 0.1) is 19.8 Å². The molecule has 1 heterocycles. The molecule has 1 aliphatic heterocycles. The number of nitrogens with zero attached hydrogens (tertiary/aromatic N) is 1. The van der Waals surface area contributed by atoms with Crippen molar-refractivity contribution in [1.82, 2.24) is 4.90 Å². The number of benzene rings is 1. The van der Waals surface area contributed by atoms with E-state index in [4.69, 9.17) is 9.47 Å². The highest BCUT2D eigenvalue weighted by molar-refractivity contribution is 6.04. The zero-order valence-electron chi connectivity index (χ0n) is 11.8. The van der Waals surface area contributed by atoms with Gasteiger partial charge in [0, 0.05) is 18.7 Å². The molecule has 0 radical (unpaired) electrons. The quantitative estimate of drug-likeness (QED) is 0.791. The Morgan fingerprint density at radius 2 is 1.85 bits per heavy atom. The predicted octanol–water partition coefficient (Wildman–Crippen LogP) is 2.14. The van der Waals surface area contributed by atoms with Gasteiger partial charge in [0.2, 0.25) is 0 Å². The SMILES string of the molecule is COc1ccc(C=O)c(C(=O)N2CCCCC2)c1OC. The Bertz CT molecular complexity index is 507. The van der Waals surface area contributed by atoms with Crippen LogP contribution in [0.5, 0.6) is 11.5 Å². The lowest BCUT2D eigenvalue weighted by Gasteiger charge is -2.28. The second kappa shape index (κ2) is 6.41. The van der Waals surface area contributed by atoms with E-state index in [1.54, 1.807) is 17.0 Å². The van der Waals surface area contributed by atoms with Gasteiger partial charge in [-0.15, -0.1) is 0 Å². The van der Waals surface area contributed by atoms with Crippen LogP contribution >= 0.6 is 0 Å². The maximum Gasteiger partial charge on any atom is 0.258 e. The zero-order valence-corrected chi connectivity index (χ0v) is 11.8. The number of piperidine rings is 1. The first-order valence-corrected chi connectivity index (χ1v) is 6.72. The van der Waals surface area contributed by atoms with E-state index < -0.39 is 0 Å². The van der Waals surface area contributed by atoms with E-state index in [0.29, 0.717) is 28.9 Å². The van der Waals surface area contributed by atoms with E-state index in [0.717, 1.165) is 32.4 Å². The van der Waals surface area contributed by atoms with Crippen LogP contribution in [-0.4, -0.2) is 44.4 Å². The summed E-state index contributed by atoms with van der Waals surface area (Å²) in [6.07, 6.45) is 3.81. The van der Waals surface area contributed by atoms with Crippen LogP contribution < -0.4 is 9.47 Å². The molecule has 1 amide bonds. The van der Waals surface area contributed by atoms with Crippen LogP contribution in [0.15, 0.2) is 12.1 Å². The number of rotatable bonds is 4. The van der Waals surface area contributed by atoms with Crippen molar-refractivity contribution in [2.24, 2.45) is 0 Å². The fourth-order valence-electron chi connectivity index (χ4n) is 2.52. The lowest BCUT2D eigenvalue weighted by Crippen LogP contribution is -2.36. The van der Waals surface area contributed by atoms with Crippen molar-refractivity contribution < 1.29 is 19.1 Å². The van der Waals surface area contributed by atoms with Crippen molar-refractivity contribution in [2.45, 2.75) is 19.3 Å². The molecule has 0 aromatic heterocycles. The Morgan fingerprint density at radius 3 is 2.40 bits per heavy atom. The molecular weight excluding hydrogens is 258 g/mol. The number of amides is 1. The van der Waals surface area contributed by atoms with Gasteiger partial charge in [0.15, 0.2) is 17.8 Å². The van der Waals surface area contributed by atoms with E-state index in [-0.39, 0.29) is 5.91 Å². The molecule has 1 fully saturated rings. The van der Waals surface area contributed by atoms with Gasteiger partial charge in [0.1, 0.15) is 0 Å². The highest BCUT2D eigenvalue weighted by Crippen LogP contribution is 2.34. The average molecular weight is 277 g/mol. The molecule has 5 heteroatoms. The third-order valence-corrected chi connectivity index (χ3v) is 3.56. The first kappa shape index (κ1) is 14.4. The Balaban J connectivity index is 2.46. The Labute approximate surface area is 118 Å². The van der Waals surface area contributed by atoms with Crippen molar-refractivity contribution >= 4 is 12.2 Å². The number of ether oxygens (including phenoxy) is 2. The fraction of sp³-hybridized carbons (Fsp3) is 0.467. The third kappa shape index (κ3) is 2.61. The summed E-state index contributed by atoms with van der Waals surface area (Å²) >= 11 is 0. The van der Waals surface area contributed by atoms with Gasteiger partial charge in [-0.25, -0.2) is 0 Å². The molecule has 1 aromatic rings. The molecule has 20 heavy (non-hydrogen) atoms. The maximum absolute atomic E-state index is 12.7. The number of carbonyl (C=O) groups is 2. The summed E-state index contributed by atoms with van der Waals surface area (Å²) in [5.74, 6) is 0.619. The molecule has 2 rings (SSSR count). The van der Waals surface area contributed by atoms with Crippen LogP contribution in [0.1, 0.15) is 40.0 Å². The summed E-state index contributed by atoms with van der Waals surface area (Å²) in [5, 5.41) is 0. The van der Waals surface area contributed by atoms with Crippen molar-refractivity contribution in [1.29, 1.82) is 0 Å². The summed E-state index contributed by atoms with van der Waals surface area (Å²) in [4.78, 5) is 25.6. The van der Waals surface area contributed by atoms with Gasteiger partial charge in [-0.2, -0.15) is 0 Å². The second-order valence-corrected chi connectivity index (χ2v) is 4.74. The van der Waals surface area contributed by atoms with Gasteiger partial charge >= 0.3 is 0 Å². The number of aldehydes is 1. The summed E-state index contributed by atoms with van der Waals surface area (Å²) in [6.45, 7) is 1.44. The van der Waals surface area contributed by atoms with Gasteiger partial charge in [-0.3, -0.25) is 9.59 Å². The maximum atomic E-state index is 12.7. The summed E-state index contributed by atoms with van der Waals surface area (Å²) in [7, 11) is 2.98. The summed E-state index contributed by atoms with van der Waals surface area (Å²) in [6, 6.07) is 3.22. The van der Waals surface area contributed by atoms with Crippen molar-refractivity contribution in [3.8, 4) is 11.5 Å². The van der Waals surface area contributed by atoms with E-state index in [1.807, 2.05) is 0 Å². The van der Waals surface area contributed by atoms with Crippen LogP contribution in [0.2, 0.25) is 0 Å². The predicted molar refractivity (Wildman–Crippen MR) is 74.7 cm³/mol. The third-order valence-electron chi connectivity index (χ3n) is 3.56. The van der Waals surface area contributed by atoms with E-state index in [1.165, 1.54) is 14.2 Å². The van der Waals surface area contributed by atoms with Gasteiger partial charge < -0.3 is 14.4 Å². The van der Waals surface area contributed by atoms with Crippen LogP contribution in [0.4, 0.5) is 0 Å². The number of carbonyl (C=O) groups excluding carboxylic acids is 2. The molecule has 0 aliphatic carbocycles. The monoisotopic (exact) mass is 277 g/mol. The van der Waals surface area contributed by atoms with Gasteiger partial charge in [0.25, 0.3) is 5.91 Å². The minimum absolute atomic E-state index is 0.164. The highest BCUT2D eigenvalue weighted by atomic mass is 16.5. The Kier molecular flexibility index (Phi) is 4.61. The molecule has 0 saturated carbocycles. The van der Waals surface area contributed by atoms with Crippen molar-refractivity contribution in [3.05, 3.63) is 23.3 Å². The first-order chi connectivity index (χ1) is 9.72. The zero-order chi connectivity index (χ0) is 14.5. The summed E-state index contributed by atoms with van der Waals surface area (Å²) < 4.78 is 10.5. The average Bonchev–Trinajstić information content (AvgIpc) is 2.53. The number of likely N-dealkylation sites (tertiary alicyclic amines) is 1. The molecule has 0 N–H and O–H groups in total. The lowest BCUT2D eigenvalue weighted by molar-refractivity contribution is 0.0717. The number of methoxy groups -OCH3 is 2. The molecule has 0 atom stereocenters. The molecular formula is C15H19NO4. The molecule has 1 aromatic carbocycles. The molecule has 0 bridgehead atoms. The Hall–Kier alpha value is -2.04. The normalized spacial score (nSPS) is 14.8. The largest absolute Gasteiger partial charge is 0.493 e. The number of hydrogen-bond acceptors (Lipinski definition) is 4. The van der Waals surface area contributed by atoms with E-state index >= 15 is 0 Å². The lowest BCUT2D eigenvalue weighted by atomic mass is 10.0. The highest BCUT2D eigenvalue weighted by Gasteiger charge is 2.26. The van der Waals surface area contributed by atoms with Crippen LogP contribution in [0.25, 0.3) is 0 Å². The molecule has 108 valence electrons. The van der Waals surface area contributed by atoms with E-state index in [9.17, 15) is 9.59 Å². The minimum atomic E-state index is -0.164. The van der Waals surface area contributed by atoms with E-state index in [2.05, 4.69) is 0 Å². The molecule has 0 unspecified atom stereocenters. The van der Waals surface area contributed by atoms with Crippen molar-refractivity contribution in [2.75, 3.05) is 27.3 Å². The standard InChI is InChI=1S/C15H19NO4/c1-19-12-7-6-11(10-17)13(14(12)20-2)15(18)16-8-4-3-5-9-16/h6-7,10H,3-5,8-9H2,1-2H3. The van der Waals surface area contributed by atoms with Crippen LogP contribution in [-0.2, 0) is 0 Å².